The Kier molecular flexibility index (Phi) is 9.57. The van der Waals surface area contributed by atoms with Gasteiger partial charge in [-0.3, -0.25) is 0 Å². The molecule has 7 nitrogen and oxygen atoms in total. The third-order valence-electron chi connectivity index (χ3n) is 13.1. The molecule has 0 amide bonds. The predicted molar refractivity (Wildman–Crippen MR) is 164 cm³/mol. The van der Waals surface area contributed by atoms with Gasteiger partial charge in [-0.25, -0.2) is 0 Å². The van der Waals surface area contributed by atoms with E-state index in [1.54, 1.807) is 0 Å². The van der Waals surface area contributed by atoms with Crippen LogP contribution in [0, 0.1) is 17.8 Å². The summed E-state index contributed by atoms with van der Waals surface area (Å²) in [5.74, 6) is 2.45. The maximum atomic E-state index is 6.90. The van der Waals surface area contributed by atoms with E-state index in [9.17, 15) is 0 Å². The summed E-state index contributed by atoms with van der Waals surface area (Å²) in [6, 6.07) is 2.71. The van der Waals surface area contributed by atoms with Crippen LogP contribution in [-0.2, 0) is 18.9 Å². The van der Waals surface area contributed by atoms with Crippen molar-refractivity contribution < 1.29 is 18.9 Å². The van der Waals surface area contributed by atoms with Crippen molar-refractivity contribution >= 4 is 34.4 Å². The third-order valence-corrected chi connectivity index (χ3v) is 23.8. The monoisotopic (exact) mass is 698 g/mol. The zero-order chi connectivity index (χ0) is 28.2. The summed E-state index contributed by atoms with van der Waals surface area (Å²) in [5.41, 5.74) is 0. The second kappa shape index (κ2) is 13.2. The van der Waals surface area contributed by atoms with Gasteiger partial charge in [-0.2, -0.15) is 0 Å². The standard InChI is InChI=1S/C13H22O3.2C10H17NO.2Ga/c14-11-3-1-10(2-4-11)9-16-13-7-5-12(15)6-8-13;2*1-7-5-6-8-3-2-4-9(12)10(8)11-7;;/h10-13H,1-9H2;2*7-10H,2-6H2,1H3;;/q3*-2;2*+3. The second-order valence-corrected chi connectivity index (χ2v) is 23.1. The van der Waals surface area contributed by atoms with Crippen molar-refractivity contribution in [3.05, 3.63) is 0 Å². The summed E-state index contributed by atoms with van der Waals surface area (Å²) in [5, 5.41) is 0. The summed E-state index contributed by atoms with van der Waals surface area (Å²) in [4.78, 5) is 0. The SMILES string of the molecule is CC1CCC2CCCC3[O][Ga]([O]C4CCC(COC5CCC([O][Ga]6[O]C7CCCC8CCC(C)[N]6C87)CC5)CC4)[N]1C23. The van der Waals surface area contributed by atoms with E-state index in [-0.39, 0.29) is 0 Å². The van der Waals surface area contributed by atoms with Crippen LogP contribution in [0.2, 0.25) is 0 Å². The minimum atomic E-state index is -2.32. The first-order valence-electron chi connectivity index (χ1n) is 18.4. The molecule has 8 fully saturated rings. The Morgan fingerprint density at radius 1 is 0.548 bits per heavy atom. The summed E-state index contributed by atoms with van der Waals surface area (Å²) < 4.78 is 39.5. The maximum absolute atomic E-state index is 6.90. The summed E-state index contributed by atoms with van der Waals surface area (Å²) in [6.07, 6.45) is 25.4. The number of hydrogen-bond acceptors (Lipinski definition) is 7. The molecule has 4 aliphatic heterocycles. The van der Waals surface area contributed by atoms with Crippen LogP contribution in [0.4, 0.5) is 0 Å². The average Bonchev–Trinajstić information content (AvgIpc) is 3.57. The molecule has 0 aromatic carbocycles. The Bertz CT molecular complexity index is 845. The van der Waals surface area contributed by atoms with E-state index in [0.717, 1.165) is 44.1 Å². The predicted octanol–water partition coefficient (Wildman–Crippen LogP) is 5.98. The van der Waals surface area contributed by atoms with Gasteiger partial charge in [0.2, 0.25) is 0 Å². The van der Waals surface area contributed by atoms with Gasteiger partial charge in [0.1, 0.15) is 0 Å². The first kappa shape index (κ1) is 30.3. The summed E-state index contributed by atoms with van der Waals surface area (Å²) in [6.45, 7) is 5.81. The van der Waals surface area contributed by atoms with Crippen LogP contribution in [0.5, 0.6) is 0 Å². The van der Waals surface area contributed by atoms with Gasteiger partial charge in [0.15, 0.2) is 0 Å². The fourth-order valence-electron chi connectivity index (χ4n) is 10.8. The van der Waals surface area contributed by atoms with Crippen LogP contribution < -0.4 is 0 Å². The van der Waals surface area contributed by atoms with E-state index < -0.39 is 34.4 Å². The number of ether oxygens (including phenoxy) is 1. The topological polar surface area (TPSA) is 52.6 Å². The molecule has 0 spiro atoms. The van der Waals surface area contributed by atoms with E-state index >= 15 is 0 Å². The molecule has 0 bridgehead atoms. The van der Waals surface area contributed by atoms with Gasteiger partial charge in [-0.05, 0) is 0 Å². The van der Waals surface area contributed by atoms with Crippen LogP contribution in [0.1, 0.15) is 129 Å². The van der Waals surface area contributed by atoms with Crippen molar-refractivity contribution in [2.75, 3.05) is 6.61 Å². The molecule has 0 N–H and O–H groups in total. The molecule has 4 aliphatic carbocycles. The molecule has 234 valence electrons. The average molecular weight is 700 g/mol. The van der Waals surface area contributed by atoms with Crippen LogP contribution in [0.25, 0.3) is 0 Å². The molecule has 9 heteroatoms. The Morgan fingerprint density at radius 3 is 1.55 bits per heavy atom. The first-order chi connectivity index (χ1) is 20.6. The fourth-order valence-corrected chi connectivity index (χ4v) is 22.6. The molecule has 0 aromatic rings. The molecule has 8 aliphatic rings. The van der Waals surface area contributed by atoms with Crippen LogP contribution in [0.3, 0.4) is 0 Å². The second-order valence-electron chi connectivity index (χ2n) is 15.7. The normalized spacial score (nSPS) is 47.9. The minimum absolute atomic E-state index is 0.403. The van der Waals surface area contributed by atoms with Crippen molar-refractivity contribution in [3.8, 4) is 0 Å². The van der Waals surface area contributed by atoms with Crippen molar-refractivity contribution in [1.82, 2.24) is 7.21 Å². The summed E-state index contributed by atoms with van der Waals surface area (Å²) >= 11 is -4.63. The Labute approximate surface area is 267 Å². The van der Waals surface area contributed by atoms with Crippen LogP contribution >= 0.6 is 0 Å². The van der Waals surface area contributed by atoms with Gasteiger partial charge in [0, 0.05) is 0 Å². The van der Waals surface area contributed by atoms with Gasteiger partial charge >= 0.3 is 269 Å². The zero-order valence-corrected chi connectivity index (χ0v) is 31.3. The van der Waals surface area contributed by atoms with Crippen molar-refractivity contribution in [2.24, 2.45) is 17.8 Å². The molecule has 8 unspecified atom stereocenters. The molecule has 8 rings (SSSR count). The Morgan fingerprint density at radius 2 is 1.02 bits per heavy atom. The first-order valence-corrected chi connectivity index (χ1v) is 24.5. The molecule has 4 saturated heterocycles. The van der Waals surface area contributed by atoms with Gasteiger partial charge in [0.25, 0.3) is 0 Å². The number of piperidine rings is 2. The molecular formula is C33H56Ga2N2O5. The molecule has 4 heterocycles. The van der Waals surface area contributed by atoms with Gasteiger partial charge in [-0.15, -0.1) is 0 Å². The zero-order valence-electron chi connectivity index (χ0n) is 26.5. The van der Waals surface area contributed by atoms with E-state index in [0.29, 0.717) is 60.6 Å². The molecule has 42 heavy (non-hydrogen) atoms. The molecular weight excluding hydrogens is 644 g/mol. The third kappa shape index (κ3) is 6.06. The van der Waals surface area contributed by atoms with E-state index in [1.165, 1.54) is 89.9 Å². The number of hydrogen-bond donors (Lipinski definition) is 0. The Hall–Kier alpha value is 0.993. The van der Waals surface area contributed by atoms with E-state index in [4.69, 9.17) is 18.9 Å². The van der Waals surface area contributed by atoms with Crippen molar-refractivity contribution in [1.29, 1.82) is 0 Å². The van der Waals surface area contributed by atoms with Crippen LogP contribution in [-0.4, -0.2) is 103 Å². The molecule has 0 radical (unpaired) electrons. The Balaban J connectivity index is 0.754. The quantitative estimate of drug-likeness (QED) is 0.303. The fraction of sp³-hybridized carbons (Fsp3) is 1.00. The van der Waals surface area contributed by atoms with E-state index in [1.807, 2.05) is 0 Å². The van der Waals surface area contributed by atoms with Crippen molar-refractivity contribution in [3.63, 3.8) is 0 Å². The number of nitrogens with zero attached hydrogens (tertiary/aromatic N) is 2. The molecule has 0 aromatic heterocycles. The van der Waals surface area contributed by atoms with Gasteiger partial charge < -0.3 is 0 Å². The van der Waals surface area contributed by atoms with Gasteiger partial charge in [0.05, 0.1) is 0 Å². The molecule has 4 saturated carbocycles. The summed E-state index contributed by atoms with van der Waals surface area (Å²) in [7, 11) is 0. The number of rotatable bonds is 7. The molecule has 8 atom stereocenters. The van der Waals surface area contributed by atoms with Crippen molar-refractivity contribution in [2.45, 2.75) is 184 Å². The van der Waals surface area contributed by atoms with Crippen LogP contribution in [0.15, 0.2) is 0 Å². The van der Waals surface area contributed by atoms with Gasteiger partial charge in [-0.1, -0.05) is 0 Å². The van der Waals surface area contributed by atoms with E-state index in [2.05, 4.69) is 21.1 Å².